The quantitative estimate of drug-likeness (QED) is 0.868. The van der Waals surface area contributed by atoms with E-state index >= 15 is 0 Å². The van der Waals surface area contributed by atoms with E-state index in [0.717, 1.165) is 13.1 Å². The number of nitrogens with zero attached hydrogens (tertiary/aromatic N) is 1. The Kier molecular flexibility index (Phi) is 4.66. The summed E-state index contributed by atoms with van der Waals surface area (Å²) < 4.78 is 0. The van der Waals surface area contributed by atoms with E-state index in [1.807, 2.05) is 6.20 Å². The van der Waals surface area contributed by atoms with Crippen LogP contribution in [-0.4, -0.2) is 18.1 Å². The smallest absolute Gasteiger partial charge is 0.0466 e. The van der Waals surface area contributed by atoms with Crippen molar-refractivity contribution in [3.8, 4) is 0 Å². The predicted molar refractivity (Wildman–Crippen MR) is 87.6 cm³/mol. The second kappa shape index (κ2) is 6.86. The molecule has 2 atom stereocenters. The summed E-state index contributed by atoms with van der Waals surface area (Å²) in [5, 5.41) is 3.52. The molecule has 1 aromatic carbocycles. The predicted octanol–water partition coefficient (Wildman–Crippen LogP) is 3.89. The molecular weight excluding hydrogens is 256 g/mol. The molecule has 2 nitrogen and oxygen atoms in total. The lowest BCUT2D eigenvalue weighted by Gasteiger charge is -2.21. The first kappa shape index (κ1) is 14.3. The van der Waals surface area contributed by atoms with Crippen LogP contribution in [-0.2, 0) is 6.42 Å². The molecule has 110 valence electrons. The van der Waals surface area contributed by atoms with Crippen molar-refractivity contribution in [1.29, 1.82) is 0 Å². The average Bonchev–Trinajstić information content (AvgIpc) is 2.95. The minimum absolute atomic E-state index is 0.573. The standard InChI is InChI=1S/C19H24N2/c1-2-20-14-18(15-7-4-3-5-8-15)13-17-11-10-16-9-6-12-21-19(16)17/h3-9,12,17-18,20H,2,10-11,13-14H2,1H3. The van der Waals surface area contributed by atoms with Crippen LogP contribution in [0.1, 0.15) is 48.4 Å². The zero-order valence-corrected chi connectivity index (χ0v) is 12.8. The SMILES string of the molecule is CCNCC(CC1CCc2cccnc21)c1ccccc1. The molecule has 1 aliphatic rings. The van der Waals surface area contributed by atoms with E-state index in [0.29, 0.717) is 11.8 Å². The van der Waals surface area contributed by atoms with Crippen molar-refractivity contribution in [2.24, 2.45) is 0 Å². The fourth-order valence-corrected chi connectivity index (χ4v) is 3.45. The van der Waals surface area contributed by atoms with E-state index in [1.54, 1.807) is 0 Å². The second-order valence-corrected chi connectivity index (χ2v) is 5.93. The summed E-state index contributed by atoms with van der Waals surface area (Å²) in [5.74, 6) is 1.19. The maximum atomic E-state index is 4.65. The van der Waals surface area contributed by atoms with Crippen LogP contribution in [0.2, 0.25) is 0 Å². The summed E-state index contributed by atoms with van der Waals surface area (Å²) >= 11 is 0. The van der Waals surface area contributed by atoms with Crippen LogP contribution in [0.3, 0.4) is 0 Å². The number of hydrogen-bond donors (Lipinski definition) is 1. The number of rotatable bonds is 6. The molecule has 0 saturated carbocycles. The van der Waals surface area contributed by atoms with Gasteiger partial charge in [0.05, 0.1) is 0 Å². The molecule has 0 radical (unpaired) electrons. The summed E-state index contributed by atoms with van der Waals surface area (Å²) in [6.07, 6.45) is 5.58. The summed E-state index contributed by atoms with van der Waals surface area (Å²) in [6.45, 7) is 4.26. The highest BCUT2D eigenvalue weighted by atomic mass is 14.8. The molecule has 3 rings (SSSR count). The lowest BCUT2D eigenvalue weighted by molar-refractivity contribution is 0.493. The van der Waals surface area contributed by atoms with Gasteiger partial charge in [-0.05, 0) is 48.9 Å². The van der Waals surface area contributed by atoms with Gasteiger partial charge < -0.3 is 5.32 Å². The molecule has 2 heteroatoms. The molecule has 1 N–H and O–H groups in total. The lowest BCUT2D eigenvalue weighted by atomic mass is 9.87. The minimum Gasteiger partial charge on any atom is -0.316 e. The van der Waals surface area contributed by atoms with Crippen molar-refractivity contribution in [2.45, 2.75) is 38.0 Å². The maximum Gasteiger partial charge on any atom is 0.0466 e. The Bertz CT molecular complexity index is 565. The first-order chi connectivity index (χ1) is 10.4. The average molecular weight is 280 g/mol. The molecule has 1 aliphatic carbocycles. The number of benzene rings is 1. The van der Waals surface area contributed by atoms with Gasteiger partial charge in [0.1, 0.15) is 0 Å². The van der Waals surface area contributed by atoms with Crippen molar-refractivity contribution in [3.63, 3.8) is 0 Å². The molecule has 21 heavy (non-hydrogen) atoms. The molecule has 1 heterocycles. The summed E-state index contributed by atoms with van der Waals surface area (Å²) in [7, 11) is 0. The Morgan fingerprint density at radius 2 is 2.05 bits per heavy atom. The summed E-state index contributed by atoms with van der Waals surface area (Å²) in [6, 6.07) is 15.2. The van der Waals surface area contributed by atoms with E-state index < -0.39 is 0 Å². The van der Waals surface area contributed by atoms with Gasteiger partial charge in [-0.25, -0.2) is 0 Å². The number of nitrogens with one attached hydrogen (secondary N) is 1. The highest BCUT2D eigenvalue weighted by Crippen LogP contribution is 2.38. The summed E-state index contributed by atoms with van der Waals surface area (Å²) in [4.78, 5) is 4.65. The number of fused-ring (bicyclic) bond motifs is 1. The van der Waals surface area contributed by atoms with Gasteiger partial charge in [-0.1, -0.05) is 43.3 Å². The highest BCUT2D eigenvalue weighted by molar-refractivity contribution is 5.30. The normalized spacial score (nSPS) is 18.4. The van der Waals surface area contributed by atoms with Crippen LogP contribution in [0.15, 0.2) is 48.7 Å². The second-order valence-electron chi connectivity index (χ2n) is 5.93. The Morgan fingerprint density at radius 3 is 2.86 bits per heavy atom. The number of aryl methyl sites for hydroxylation is 1. The lowest BCUT2D eigenvalue weighted by Crippen LogP contribution is -2.22. The van der Waals surface area contributed by atoms with Crippen molar-refractivity contribution in [3.05, 3.63) is 65.5 Å². The fourth-order valence-electron chi connectivity index (χ4n) is 3.45. The zero-order valence-electron chi connectivity index (χ0n) is 12.8. The van der Waals surface area contributed by atoms with Crippen LogP contribution in [0.25, 0.3) is 0 Å². The van der Waals surface area contributed by atoms with Gasteiger partial charge in [-0.2, -0.15) is 0 Å². The van der Waals surface area contributed by atoms with E-state index in [2.05, 4.69) is 59.7 Å². The third kappa shape index (κ3) is 3.33. The van der Waals surface area contributed by atoms with Gasteiger partial charge in [-0.3, -0.25) is 4.98 Å². The molecular formula is C19H24N2. The van der Waals surface area contributed by atoms with E-state index in [4.69, 9.17) is 0 Å². The number of pyridine rings is 1. The number of likely N-dealkylation sites (N-methyl/N-ethyl adjacent to an activating group) is 1. The molecule has 0 spiro atoms. The van der Waals surface area contributed by atoms with Crippen molar-refractivity contribution >= 4 is 0 Å². The molecule has 0 aliphatic heterocycles. The number of aromatic nitrogens is 1. The Hall–Kier alpha value is -1.67. The zero-order chi connectivity index (χ0) is 14.5. The van der Waals surface area contributed by atoms with Crippen molar-refractivity contribution in [2.75, 3.05) is 13.1 Å². The van der Waals surface area contributed by atoms with Crippen LogP contribution in [0.4, 0.5) is 0 Å². The first-order valence-electron chi connectivity index (χ1n) is 8.08. The van der Waals surface area contributed by atoms with Gasteiger partial charge in [0.15, 0.2) is 0 Å². The molecule has 0 bridgehead atoms. The Balaban J connectivity index is 1.76. The van der Waals surface area contributed by atoms with E-state index in [9.17, 15) is 0 Å². The van der Waals surface area contributed by atoms with Crippen LogP contribution in [0, 0.1) is 0 Å². The molecule has 0 saturated heterocycles. The monoisotopic (exact) mass is 280 g/mol. The molecule has 1 aromatic heterocycles. The topological polar surface area (TPSA) is 24.9 Å². The molecule has 0 amide bonds. The summed E-state index contributed by atoms with van der Waals surface area (Å²) in [5.41, 5.74) is 4.25. The van der Waals surface area contributed by atoms with Crippen molar-refractivity contribution < 1.29 is 0 Å². The third-order valence-corrected chi connectivity index (χ3v) is 4.56. The minimum atomic E-state index is 0.573. The van der Waals surface area contributed by atoms with Gasteiger partial charge in [-0.15, -0.1) is 0 Å². The van der Waals surface area contributed by atoms with Gasteiger partial charge in [0.25, 0.3) is 0 Å². The van der Waals surface area contributed by atoms with E-state index in [-0.39, 0.29) is 0 Å². The van der Waals surface area contributed by atoms with Gasteiger partial charge in [0.2, 0.25) is 0 Å². The Labute approximate surface area is 127 Å². The van der Waals surface area contributed by atoms with Crippen LogP contribution < -0.4 is 5.32 Å². The Morgan fingerprint density at radius 1 is 1.19 bits per heavy atom. The molecule has 2 aromatic rings. The van der Waals surface area contributed by atoms with Crippen molar-refractivity contribution in [1.82, 2.24) is 10.3 Å². The van der Waals surface area contributed by atoms with Gasteiger partial charge >= 0.3 is 0 Å². The number of hydrogen-bond acceptors (Lipinski definition) is 2. The molecule has 0 fully saturated rings. The van der Waals surface area contributed by atoms with E-state index in [1.165, 1.54) is 36.1 Å². The maximum absolute atomic E-state index is 4.65. The third-order valence-electron chi connectivity index (χ3n) is 4.56. The molecule has 2 unspecified atom stereocenters. The largest absolute Gasteiger partial charge is 0.316 e. The fraction of sp³-hybridized carbons (Fsp3) is 0.421. The highest BCUT2D eigenvalue weighted by Gasteiger charge is 2.26. The first-order valence-corrected chi connectivity index (χ1v) is 8.08. The van der Waals surface area contributed by atoms with Crippen LogP contribution >= 0.6 is 0 Å². The van der Waals surface area contributed by atoms with Crippen LogP contribution in [0.5, 0.6) is 0 Å². The van der Waals surface area contributed by atoms with Gasteiger partial charge in [0, 0.05) is 24.4 Å².